The van der Waals surface area contributed by atoms with E-state index in [0.717, 1.165) is 18.2 Å². The van der Waals surface area contributed by atoms with Gasteiger partial charge in [0.2, 0.25) is 5.91 Å². The molecule has 4 nitrogen and oxygen atoms in total. The number of rotatable bonds is 4. The second kappa shape index (κ2) is 7.23. The number of ether oxygens (including phenoxy) is 2. The second-order valence-electron chi connectivity index (χ2n) is 6.44. The Labute approximate surface area is 147 Å². The van der Waals surface area contributed by atoms with Crippen LogP contribution in [0.3, 0.4) is 0 Å². The summed E-state index contributed by atoms with van der Waals surface area (Å²) >= 11 is 0. The van der Waals surface area contributed by atoms with Crippen LogP contribution in [-0.2, 0) is 4.79 Å². The summed E-state index contributed by atoms with van der Waals surface area (Å²) < 4.78 is 60.3. The number of hydrogen-bond donors (Lipinski definition) is 1. The van der Waals surface area contributed by atoms with Crippen LogP contribution in [-0.4, -0.2) is 12.3 Å². The molecule has 0 aliphatic rings. The molecule has 8 heteroatoms. The van der Waals surface area contributed by atoms with Gasteiger partial charge in [-0.15, -0.1) is 13.2 Å². The number of nitrogens with one attached hydrogen (secondary N) is 1. The van der Waals surface area contributed by atoms with Gasteiger partial charge in [-0.2, -0.15) is 0 Å². The third-order valence-electron chi connectivity index (χ3n) is 3.16. The molecule has 26 heavy (non-hydrogen) atoms. The zero-order valence-electron chi connectivity index (χ0n) is 14.3. The van der Waals surface area contributed by atoms with Gasteiger partial charge in [-0.25, -0.2) is 4.39 Å². The number of anilines is 1. The number of carbonyl (C=O) groups excluding carboxylic acids is 1. The van der Waals surface area contributed by atoms with Gasteiger partial charge in [-0.1, -0.05) is 32.9 Å². The maximum Gasteiger partial charge on any atom is 0.573 e. The third-order valence-corrected chi connectivity index (χ3v) is 3.16. The molecule has 0 aliphatic heterocycles. The van der Waals surface area contributed by atoms with Crippen molar-refractivity contribution in [3.8, 4) is 17.2 Å². The van der Waals surface area contributed by atoms with E-state index in [1.54, 1.807) is 20.8 Å². The summed E-state index contributed by atoms with van der Waals surface area (Å²) in [6.07, 6.45) is -4.84. The van der Waals surface area contributed by atoms with E-state index >= 15 is 0 Å². The lowest BCUT2D eigenvalue weighted by atomic mass is 9.95. The van der Waals surface area contributed by atoms with Crippen LogP contribution in [0.2, 0.25) is 0 Å². The van der Waals surface area contributed by atoms with Crippen molar-refractivity contribution < 1.29 is 31.8 Å². The molecule has 0 unspecified atom stereocenters. The highest BCUT2D eigenvalue weighted by Gasteiger charge is 2.31. The average molecular weight is 371 g/mol. The minimum atomic E-state index is -4.84. The monoisotopic (exact) mass is 371 g/mol. The molecule has 140 valence electrons. The maximum atomic E-state index is 14.1. The van der Waals surface area contributed by atoms with Gasteiger partial charge in [0.25, 0.3) is 0 Å². The van der Waals surface area contributed by atoms with Crippen LogP contribution in [0.25, 0.3) is 0 Å². The van der Waals surface area contributed by atoms with Gasteiger partial charge in [0.05, 0.1) is 0 Å². The number of para-hydroxylation sites is 1. The fourth-order valence-electron chi connectivity index (χ4n) is 1.87. The Kier molecular flexibility index (Phi) is 5.44. The van der Waals surface area contributed by atoms with Crippen molar-refractivity contribution in [1.82, 2.24) is 0 Å². The van der Waals surface area contributed by atoms with E-state index in [-0.39, 0.29) is 17.2 Å². The van der Waals surface area contributed by atoms with Crippen LogP contribution in [0.4, 0.5) is 23.2 Å². The van der Waals surface area contributed by atoms with E-state index in [1.165, 1.54) is 24.3 Å². The number of hydrogen-bond acceptors (Lipinski definition) is 3. The van der Waals surface area contributed by atoms with Gasteiger partial charge >= 0.3 is 6.36 Å². The number of benzene rings is 2. The largest absolute Gasteiger partial charge is 0.573 e. The van der Waals surface area contributed by atoms with Gasteiger partial charge in [-0.05, 0) is 24.3 Å². The summed E-state index contributed by atoms with van der Waals surface area (Å²) in [4.78, 5) is 12.1. The van der Waals surface area contributed by atoms with Crippen molar-refractivity contribution in [1.29, 1.82) is 0 Å². The summed E-state index contributed by atoms with van der Waals surface area (Å²) in [5.41, 5.74) is -0.977. The van der Waals surface area contributed by atoms with Gasteiger partial charge in [0.1, 0.15) is 17.2 Å². The number of amides is 1. The molecule has 0 aliphatic carbocycles. The number of halogens is 4. The Morgan fingerprint density at radius 1 is 1.00 bits per heavy atom. The Bertz CT molecular complexity index is 798. The van der Waals surface area contributed by atoms with E-state index in [9.17, 15) is 22.4 Å². The first-order valence-electron chi connectivity index (χ1n) is 7.59. The van der Waals surface area contributed by atoms with E-state index < -0.39 is 29.3 Å². The topological polar surface area (TPSA) is 47.6 Å². The fourth-order valence-corrected chi connectivity index (χ4v) is 1.87. The Morgan fingerprint density at radius 3 is 2.23 bits per heavy atom. The highest BCUT2D eigenvalue weighted by molar-refractivity contribution is 5.96. The summed E-state index contributed by atoms with van der Waals surface area (Å²) in [6.45, 7) is 4.96. The third kappa shape index (κ3) is 5.37. The zero-order chi connectivity index (χ0) is 19.5. The second-order valence-corrected chi connectivity index (χ2v) is 6.44. The van der Waals surface area contributed by atoms with Gasteiger partial charge in [-0.3, -0.25) is 4.79 Å². The number of carbonyl (C=O) groups is 1. The smallest absolute Gasteiger partial charge is 0.455 e. The van der Waals surface area contributed by atoms with E-state index in [2.05, 4.69) is 10.1 Å². The van der Waals surface area contributed by atoms with Crippen molar-refractivity contribution in [2.75, 3.05) is 5.32 Å². The average Bonchev–Trinajstić information content (AvgIpc) is 2.48. The predicted octanol–water partition coefficient (Wildman–Crippen LogP) is 5.50. The number of alkyl halides is 3. The fraction of sp³-hybridized carbons (Fsp3) is 0.278. The summed E-state index contributed by atoms with van der Waals surface area (Å²) in [6, 6.07) is 8.66. The summed E-state index contributed by atoms with van der Waals surface area (Å²) in [5.74, 6) is -1.72. The molecule has 2 aromatic rings. The zero-order valence-corrected chi connectivity index (χ0v) is 14.3. The molecular weight excluding hydrogens is 354 g/mol. The highest BCUT2D eigenvalue weighted by atomic mass is 19.4. The van der Waals surface area contributed by atoms with Crippen LogP contribution < -0.4 is 14.8 Å². The normalized spacial score (nSPS) is 11.8. The van der Waals surface area contributed by atoms with Gasteiger partial charge < -0.3 is 14.8 Å². The molecule has 0 saturated heterocycles. The molecule has 0 fully saturated rings. The van der Waals surface area contributed by atoms with Crippen LogP contribution in [0.5, 0.6) is 17.2 Å². The molecule has 2 aromatic carbocycles. The quantitative estimate of drug-likeness (QED) is 0.722. The molecular formula is C18H17F4NO3. The van der Waals surface area contributed by atoms with Crippen LogP contribution >= 0.6 is 0 Å². The molecule has 0 radical (unpaired) electrons. The lowest BCUT2D eigenvalue weighted by Crippen LogP contribution is -2.28. The van der Waals surface area contributed by atoms with Crippen molar-refractivity contribution in [3.05, 3.63) is 48.3 Å². The van der Waals surface area contributed by atoms with E-state index in [0.29, 0.717) is 0 Å². The SMILES string of the molecule is CC(C)(C)C(=O)Nc1c(F)cccc1Oc1cccc(OC(F)(F)F)c1. The van der Waals surface area contributed by atoms with Crippen LogP contribution in [0.15, 0.2) is 42.5 Å². The van der Waals surface area contributed by atoms with Gasteiger partial charge in [0, 0.05) is 11.5 Å². The minimum Gasteiger partial charge on any atom is -0.455 e. The molecule has 0 heterocycles. The van der Waals surface area contributed by atoms with Crippen molar-refractivity contribution in [2.24, 2.45) is 5.41 Å². The highest BCUT2D eigenvalue weighted by Crippen LogP contribution is 2.34. The predicted molar refractivity (Wildman–Crippen MR) is 87.7 cm³/mol. The van der Waals surface area contributed by atoms with E-state index in [1.807, 2.05) is 0 Å². The maximum absolute atomic E-state index is 14.1. The van der Waals surface area contributed by atoms with E-state index in [4.69, 9.17) is 4.74 Å². The Hall–Kier alpha value is -2.77. The van der Waals surface area contributed by atoms with Crippen molar-refractivity contribution in [2.45, 2.75) is 27.1 Å². The molecule has 0 aromatic heterocycles. The molecule has 0 saturated carbocycles. The first-order chi connectivity index (χ1) is 12.0. The van der Waals surface area contributed by atoms with Gasteiger partial charge in [0.15, 0.2) is 11.6 Å². The molecule has 1 amide bonds. The first kappa shape index (κ1) is 19.6. The lowest BCUT2D eigenvalue weighted by molar-refractivity contribution is -0.274. The molecule has 0 spiro atoms. The molecule has 0 atom stereocenters. The lowest BCUT2D eigenvalue weighted by Gasteiger charge is -2.20. The summed E-state index contributed by atoms with van der Waals surface area (Å²) in [5, 5.41) is 2.44. The summed E-state index contributed by atoms with van der Waals surface area (Å²) in [7, 11) is 0. The van der Waals surface area contributed by atoms with Crippen LogP contribution in [0, 0.1) is 11.2 Å². The van der Waals surface area contributed by atoms with Crippen LogP contribution in [0.1, 0.15) is 20.8 Å². The molecule has 0 bridgehead atoms. The standard InChI is InChI=1S/C18H17F4NO3/c1-17(2,3)16(24)23-15-13(19)8-5-9-14(15)25-11-6-4-7-12(10-11)26-18(20,21)22/h4-10H,1-3H3,(H,23,24). The van der Waals surface area contributed by atoms with Crippen molar-refractivity contribution >= 4 is 11.6 Å². The first-order valence-corrected chi connectivity index (χ1v) is 7.59. The van der Waals surface area contributed by atoms with Crippen molar-refractivity contribution in [3.63, 3.8) is 0 Å². The Balaban J connectivity index is 2.29. The molecule has 1 N–H and O–H groups in total. The molecule has 2 rings (SSSR count). The Morgan fingerprint density at radius 2 is 1.62 bits per heavy atom. The minimum absolute atomic E-state index is 0.0105.